The molecule has 3 rings (SSSR count). The first kappa shape index (κ1) is 23.1. The van der Waals surface area contributed by atoms with Gasteiger partial charge in [-0.2, -0.15) is 5.10 Å². The number of benzene rings is 2. The fraction of sp³-hybridized carbons (Fsp3) is 0.238. The fourth-order valence-electron chi connectivity index (χ4n) is 3.02. The molecule has 1 aromatic heterocycles. The first-order valence-electron chi connectivity index (χ1n) is 9.58. The topological polar surface area (TPSA) is 93.1 Å². The van der Waals surface area contributed by atoms with Crippen LogP contribution in [0.3, 0.4) is 0 Å². The molecule has 0 saturated carbocycles. The lowest BCUT2D eigenvalue weighted by Crippen LogP contribution is -2.16. The van der Waals surface area contributed by atoms with Crippen LogP contribution < -0.4 is 10.0 Å². The summed E-state index contributed by atoms with van der Waals surface area (Å²) >= 11 is 12.6. The van der Waals surface area contributed by atoms with Crippen LogP contribution in [0.25, 0.3) is 0 Å². The molecule has 0 aliphatic rings. The van der Waals surface area contributed by atoms with Gasteiger partial charge >= 0.3 is 0 Å². The highest BCUT2D eigenvalue weighted by Gasteiger charge is 2.21. The molecule has 1 amide bonds. The minimum Gasteiger partial charge on any atom is -0.322 e. The zero-order chi connectivity index (χ0) is 22.6. The number of carbonyl (C=O) groups excluding carboxylic acids is 1. The van der Waals surface area contributed by atoms with Crippen molar-refractivity contribution in [2.24, 2.45) is 0 Å². The Bertz CT molecular complexity index is 1190. The molecule has 0 aliphatic heterocycles. The number of rotatable bonds is 8. The highest BCUT2D eigenvalue weighted by Crippen LogP contribution is 2.25. The van der Waals surface area contributed by atoms with Crippen molar-refractivity contribution in [3.8, 4) is 0 Å². The minimum absolute atomic E-state index is 0.0431. The average molecular weight is 481 g/mol. The van der Waals surface area contributed by atoms with E-state index in [0.717, 1.165) is 5.56 Å². The van der Waals surface area contributed by atoms with Gasteiger partial charge in [0, 0.05) is 16.4 Å². The number of aryl methyl sites for hydroxylation is 1. The SMILES string of the molecule is CCCS(=O)(=O)Nc1ccc(NC(=O)c2c(C)nn(Cc3ccccc3Cl)c2Cl)cc1. The van der Waals surface area contributed by atoms with Gasteiger partial charge in [0.05, 0.1) is 23.6 Å². The zero-order valence-corrected chi connectivity index (χ0v) is 19.4. The van der Waals surface area contributed by atoms with Crippen molar-refractivity contribution in [1.29, 1.82) is 0 Å². The standard InChI is InChI=1S/C21H22Cl2N4O3S/c1-3-12-31(29,30)26-17-10-8-16(9-11-17)24-21(28)19-14(2)25-27(20(19)23)13-15-6-4-5-7-18(15)22/h4-11,26H,3,12-13H2,1-2H3,(H,24,28). The quantitative estimate of drug-likeness (QED) is 0.476. The Balaban J connectivity index is 1.74. The Hall–Kier alpha value is -2.55. The second kappa shape index (κ2) is 9.72. The van der Waals surface area contributed by atoms with Gasteiger partial charge in [-0.05, 0) is 49.2 Å². The summed E-state index contributed by atoms with van der Waals surface area (Å²) in [5, 5.41) is 7.93. The monoisotopic (exact) mass is 480 g/mol. The van der Waals surface area contributed by atoms with Crippen molar-refractivity contribution < 1.29 is 13.2 Å². The van der Waals surface area contributed by atoms with Crippen molar-refractivity contribution in [2.45, 2.75) is 26.8 Å². The minimum atomic E-state index is -3.38. The van der Waals surface area contributed by atoms with E-state index in [1.54, 1.807) is 44.2 Å². The molecule has 0 bridgehead atoms. The predicted octanol–water partition coefficient (Wildman–Crippen LogP) is 4.95. The van der Waals surface area contributed by atoms with Crippen molar-refractivity contribution >= 4 is 50.5 Å². The summed E-state index contributed by atoms with van der Waals surface area (Å²) in [6.07, 6.45) is 0.522. The van der Waals surface area contributed by atoms with Crippen molar-refractivity contribution in [1.82, 2.24) is 9.78 Å². The maximum absolute atomic E-state index is 12.8. The van der Waals surface area contributed by atoms with E-state index in [9.17, 15) is 13.2 Å². The van der Waals surface area contributed by atoms with Crippen LogP contribution in [0, 0.1) is 6.92 Å². The molecule has 2 N–H and O–H groups in total. The number of hydrogen-bond acceptors (Lipinski definition) is 4. The van der Waals surface area contributed by atoms with E-state index >= 15 is 0 Å². The Morgan fingerprint density at radius 3 is 2.35 bits per heavy atom. The second-order valence-corrected chi connectivity index (χ2v) is 9.56. The van der Waals surface area contributed by atoms with E-state index in [2.05, 4.69) is 15.1 Å². The molecule has 3 aromatic rings. The summed E-state index contributed by atoms with van der Waals surface area (Å²) in [6, 6.07) is 13.7. The third kappa shape index (κ3) is 5.78. The largest absolute Gasteiger partial charge is 0.322 e. The molecule has 0 spiro atoms. The highest BCUT2D eigenvalue weighted by atomic mass is 35.5. The van der Waals surface area contributed by atoms with Crippen LogP contribution in [0.15, 0.2) is 48.5 Å². The molecule has 0 saturated heterocycles. The highest BCUT2D eigenvalue weighted by molar-refractivity contribution is 7.92. The summed E-state index contributed by atoms with van der Waals surface area (Å²) in [7, 11) is -3.38. The zero-order valence-electron chi connectivity index (χ0n) is 17.0. The van der Waals surface area contributed by atoms with E-state index in [1.165, 1.54) is 4.68 Å². The van der Waals surface area contributed by atoms with Gasteiger partial charge in [0.1, 0.15) is 5.15 Å². The fourth-order valence-corrected chi connectivity index (χ4v) is 4.67. The smallest absolute Gasteiger partial charge is 0.260 e. The van der Waals surface area contributed by atoms with Gasteiger partial charge in [-0.25, -0.2) is 13.1 Å². The first-order valence-corrected chi connectivity index (χ1v) is 12.0. The number of hydrogen-bond donors (Lipinski definition) is 2. The van der Waals surface area contributed by atoms with Gasteiger partial charge in [0.2, 0.25) is 10.0 Å². The molecule has 7 nitrogen and oxygen atoms in total. The number of sulfonamides is 1. The molecule has 0 fully saturated rings. The number of anilines is 2. The molecule has 0 radical (unpaired) electrons. The summed E-state index contributed by atoms with van der Waals surface area (Å²) in [5.41, 5.74) is 2.51. The van der Waals surface area contributed by atoms with Crippen LogP contribution in [-0.2, 0) is 16.6 Å². The molecular weight excluding hydrogens is 459 g/mol. The van der Waals surface area contributed by atoms with Gasteiger partial charge < -0.3 is 5.32 Å². The summed E-state index contributed by atoms with van der Waals surface area (Å²) in [5.74, 6) is -0.367. The molecule has 10 heteroatoms. The average Bonchev–Trinajstić information content (AvgIpc) is 2.98. The second-order valence-electron chi connectivity index (χ2n) is 6.95. The summed E-state index contributed by atoms with van der Waals surface area (Å²) in [6.45, 7) is 3.83. The number of halogens is 2. The van der Waals surface area contributed by atoms with Gasteiger partial charge in [0.25, 0.3) is 5.91 Å². The molecule has 164 valence electrons. The molecule has 0 aliphatic carbocycles. The van der Waals surface area contributed by atoms with Crippen molar-refractivity contribution in [3.05, 3.63) is 75.5 Å². The lowest BCUT2D eigenvalue weighted by atomic mass is 10.2. The molecule has 0 unspecified atom stereocenters. The van der Waals surface area contributed by atoms with Gasteiger partial charge in [-0.3, -0.25) is 9.52 Å². The van der Waals surface area contributed by atoms with Crippen molar-refractivity contribution in [3.63, 3.8) is 0 Å². The van der Waals surface area contributed by atoms with Crippen LogP contribution in [0.5, 0.6) is 0 Å². The van der Waals surface area contributed by atoms with E-state index in [-0.39, 0.29) is 16.5 Å². The van der Waals surface area contributed by atoms with Crippen molar-refractivity contribution in [2.75, 3.05) is 15.8 Å². The maximum atomic E-state index is 12.8. The van der Waals surface area contributed by atoms with Crippen LogP contribution in [0.2, 0.25) is 10.2 Å². The van der Waals surface area contributed by atoms with Crippen LogP contribution >= 0.6 is 23.2 Å². The van der Waals surface area contributed by atoms with E-state index in [1.807, 2.05) is 18.2 Å². The van der Waals surface area contributed by atoms with Gasteiger partial charge in [-0.15, -0.1) is 0 Å². The third-order valence-electron chi connectivity index (χ3n) is 4.46. The van der Waals surface area contributed by atoms with E-state index in [4.69, 9.17) is 23.2 Å². The summed E-state index contributed by atoms with van der Waals surface area (Å²) < 4.78 is 27.7. The number of amides is 1. The number of nitrogens with one attached hydrogen (secondary N) is 2. The normalized spacial score (nSPS) is 11.4. The Labute approximate surface area is 191 Å². The van der Waals surface area contributed by atoms with Gasteiger partial charge in [-0.1, -0.05) is 48.3 Å². The number of carbonyl (C=O) groups is 1. The molecule has 0 atom stereocenters. The Kier molecular flexibility index (Phi) is 7.25. The van der Waals surface area contributed by atoms with Crippen LogP contribution in [0.4, 0.5) is 11.4 Å². The number of nitrogens with zero attached hydrogens (tertiary/aromatic N) is 2. The predicted molar refractivity (Wildman–Crippen MR) is 125 cm³/mol. The van der Waals surface area contributed by atoms with Crippen LogP contribution in [0.1, 0.15) is 35.0 Å². The lowest BCUT2D eigenvalue weighted by molar-refractivity contribution is 0.102. The third-order valence-corrected chi connectivity index (χ3v) is 6.70. The van der Waals surface area contributed by atoms with E-state index < -0.39 is 15.9 Å². The van der Waals surface area contributed by atoms with E-state index in [0.29, 0.717) is 35.1 Å². The number of aromatic nitrogens is 2. The summed E-state index contributed by atoms with van der Waals surface area (Å²) in [4.78, 5) is 12.8. The Morgan fingerprint density at radius 1 is 1.06 bits per heavy atom. The first-order chi connectivity index (χ1) is 14.7. The Morgan fingerprint density at radius 2 is 1.71 bits per heavy atom. The lowest BCUT2D eigenvalue weighted by Gasteiger charge is -2.09. The van der Waals surface area contributed by atoms with Gasteiger partial charge in [0.15, 0.2) is 0 Å². The van der Waals surface area contributed by atoms with Crippen LogP contribution in [-0.4, -0.2) is 29.9 Å². The maximum Gasteiger partial charge on any atom is 0.260 e. The molecule has 1 heterocycles. The molecule has 31 heavy (non-hydrogen) atoms. The molecule has 2 aromatic carbocycles. The molecular formula is C21H22Cl2N4O3S.